The Kier molecular flexibility index (Phi) is 4.74. The van der Waals surface area contributed by atoms with Gasteiger partial charge in [-0.2, -0.15) is 0 Å². The van der Waals surface area contributed by atoms with Crippen LogP contribution in [0.1, 0.15) is 31.2 Å². The average molecular weight is 341 g/mol. The Balaban J connectivity index is 1.64. The first kappa shape index (κ1) is 14.5. The summed E-state index contributed by atoms with van der Waals surface area (Å²) < 4.78 is 14.3. The van der Waals surface area contributed by atoms with Gasteiger partial charge in [0.25, 0.3) is 0 Å². The van der Waals surface area contributed by atoms with Crippen LogP contribution in [0.25, 0.3) is 0 Å². The minimum absolute atomic E-state index is 0.149. The van der Waals surface area contributed by atoms with Gasteiger partial charge in [-0.25, -0.2) is 4.39 Å². The molecule has 20 heavy (non-hydrogen) atoms. The predicted molar refractivity (Wildman–Crippen MR) is 83.1 cm³/mol. The maximum absolute atomic E-state index is 13.5. The fraction of sp³-hybridized carbons (Fsp3) is 0.625. The maximum atomic E-state index is 13.5. The summed E-state index contributed by atoms with van der Waals surface area (Å²) in [6.07, 6.45) is 5.21. The molecule has 1 heterocycles. The van der Waals surface area contributed by atoms with Crippen molar-refractivity contribution in [1.29, 1.82) is 0 Å². The highest BCUT2D eigenvalue weighted by atomic mass is 79.9. The zero-order chi connectivity index (χ0) is 13.9. The van der Waals surface area contributed by atoms with Crippen molar-refractivity contribution in [2.75, 3.05) is 19.6 Å². The summed E-state index contributed by atoms with van der Waals surface area (Å²) in [6.45, 7) is 4.32. The molecule has 1 aromatic carbocycles. The van der Waals surface area contributed by atoms with Crippen molar-refractivity contribution in [1.82, 2.24) is 10.2 Å². The number of benzene rings is 1. The fourth-order valence-electron chi connectivity index (χ4n) is 3.13. The highest BCUT2D eigenvalue weighted by Crippen LogP contribution is 2.30. The summed E-state index contributed by atoms with van der Waals surface area (Å²) in [5.74, 6) is 0.603. The summed E-state index contributed by atoms with van der Waals surface area (Å²) in [5.41, 5.74) is 1.08. The Morgan fingerprint density at radius 3 is 2.75 bits per heavy atom. The number of rotatable bonds is 5. The molecule has 1 unspecified atom stereocenters. The van der Waals surface area contributed by atoms with Gasteiger partial charge in [0.15, 0.2) is 0 Å². The fourth-order valence-corrected chi connectivity index (χ4v) is 3.64. The van der Waals surface area contributed by atoms with Gasteiger partial charge in [-0.3, -0.25) is 4.90 Å². The lowest BCUT2D eigenvalue weighted by Crippen LogP contribution is -2.39. The molecule has 1 atom stereocenters. The molecular weight excluding hydrogens is 319 g/mol. The van der Waals surface area contributed by atoms with Gasteiger partial charge in [0.1, 0.15) is 5.82 Å². The number of halogens is 2. The van der Waals surface area contributed by atoms with Crippen molar-refractivity contribution in [3.8, 4) is 0 Å². The monoisotopic (exact) mass is 340 g/mol. The highest BCUT2D eigenvalue weighted by Gasteiger charge is 2.31. The number of nitrogens with zero attached hydrogens (tertiary/aromatic N) is 1. The Labute approximate surface area is 128 Å². The Morgan fingerprint density at radius 1 is 1.25 bits per heavy atom. The van der Waals surface area contributed by atoms with Crippen LogP contribution >= 0.6 is 15.9 Å². The molecule has 4 heteroatoms. The van der Waals surface area contributed by atoms with Crippen molar-refractivity contribution in [3.05, 3.63) is 34.1 Å². The second-order valence-corrected chi connectivity index (χ2v) is 7.07. The lowest BCUT2D eigenvalue weighted by molar-refractivity contribution is 0.192. The minimum Gasteiger partial charge on any atom is -0.316 e. The lowest BCUT2D eigenvalue weighted by atomic mass is 9.98. The second kappa shape index (κ2) is 6.54. The average Bonchev–Trinajstić information content (AvgIpc) is 3.22. The van der Waals surface area contributed by atoms with Crippen molar-refractivity contribution in [3.63, 3.8) is 0 Å². The molecule has 110 valence electrons. The van der Waals surface area contributed by atoms with Crippen LogP contribution in [0.4, 0.5) is 4.39 Å². The summed E-state index contributed by atoms with van der Waals surface area (Å²) in [5, 5.41) is 3.49. The van der Waals surface area contributed by atoms with Crippen LogP contribution in [0.2, 0.25) is 0 Å². The molecule has 0 radical (unpaired) electrons. The van der Waals surface area contributed by atoms with E-state index in [1.807, 2.05) is 6.07 Å². The van der Waals surface area contributed by atoms with Gasteiger partial charge in [-0.05, 0) is 68.5 Å². The van der Waals surface area contributed by atoms with E-state index < -0.39 is 0 Å². The van der Waals surface area contributed by atoms with E-state index in [1.165, 1.54) is 31.7 Å². The first-order chi connectivity index (χ1) is 9.70. The van der Waals surface area contributed by atoms with E-state index >= 15 is 0 Å². The lowest BCUT2D eigenvalue weighted by Gasteiger charge is -2.30. The molecule has 0 spiro atoms. The molecule has 1 saturated carbocycles. The van der Waals surface area contributed by atoms with Crippen molar-refractivity contribution in [2.45, 2.75) is 38.3 Å². The molecule has 2 aliphatic rings. The zero-order valence-electron chi connectivity index (χ0n) is 11.7. The van der Waals surface area contributed by atoms with E-state index in [-0.39, 0.29) is 5.82 Å². The maximum Gasteiger partial charge on any atom is 0.124 e. The van der Waals surface area contributed by atoms with Crippen LogP contribution in [0.3, 0.4) is 0 Å². The molecule has 0 bridgehead atoms. The molecule has 1 saturated heterocycles. The molecule has 3 rings (SSSR count). The number of nitrogens with one attached hydrogen (secondary N) is 1. The molecule has 0 aromatic heterocycles. The first-order valence-electron chi connectivity index (χ1n) is 7.60. The normalized spacial score (nSPS) is 23.2. The number of piperidine rings is 1. The molecule has 1 aromatic rings. The van der Waals surface area contributed by atoms with Crippen LogP contribution in [-0.2, 0) is 6.54 Å². The van der Waals surface area contributed by atoms with Gasteiger partial charge in [0, 0.05) is 23.6 Å². The molecule has 2 fully saturated rings. The van der Waals surface area contributed by atoms with Gasteiger partial charge < -0.3 is 5.32 Å². The van der Waals surface area contributed by atoms with Gasteiger partial charge in [-0.1, -0.05) is 15.9 Å². The van der Waals surface area contributed by atoms with Crippen molar-refractivity contribution in [2.24, 2.45) is 5.92 Å². The topological polar surface area (TPSA) is 15.3 Å². The molecule has 1 N–H and O–H groups in total. The Bertz CT molecular complexity index is 436. The third-order valence-corrected chi connectivity index (χ3v) is 4.72. The standard InChI is InChI=1S/C16H22BrFN2/c17-14-6-13(7-15(18)8-14)11-20(16-3-4-16)10-12-2-1-5-19-9-12/h6-8,12,16,19H,1-5,9-11H2. The van der Waals surface area contributed by atoms with Gasteiger partial charge in [0.05, 0.1) is 0 Å². The smallest absolute Gasteiger partial charge is 0.124 e. The van der Waals surface area contributed by atoms with Gasteiger partial charge in [0.2, 0.25) is 0 Å². The van der Waals surface area contributed by atoms with Crippen molar-refractivity contribution < 1.29 is 4.39 Å². The molecule has 2 nitrogen and oxygen atoms in total. The van der Waals surface area contributed by atoms with Gasteiger partial charge >= 0.3 is 0 Å². The molecule has 1 aliphatic heterocycles. The predicted octanol–water partition coefficient (Wildman–Crippen LogP) is 3.55. The van der Waals surface area contributed by atoms with E-state index in [0.717, 1.165) is 48.2 Å². The minimum atomic E-state index is -0.149. The van der Waals surface area contributed by atoms with Gasteiger partial charge in [-0.15, -0.1) is 0 Å². The third-order valence-electron chi connectivity index (χ3n) is 4.26. The second-order valence-electron chi connectivity index (χ2n) is 6.15. The van der Waals surface area contributed by atoms with Crippen LogP contribution in [-0.4, -0.2) is 30.6 Å². The number of hydrogen-bond acceptors (Lipinski definition) is 2. The van der Waals surface area contributed by atoms with Crippen LogP contribution in [0.15, 0.2) is 22.7 Å². The van der Waals surface area contributed by atoms with Crippen LogP contribution < -0.4 is 5.32 Å². The third kappa shape index (κ3) is 4.03. The molecule has 1 aliphatic carbocycles. The van der Waals surface area contributed by atoms with E-state index in [0.29, 0.717) is 0 Å². The quantitative estimate of drug-likeness (QED) is 0.881. The van der Waals surface area contributed by atoms with E-state index in [1.54, 1.807) is 6.07 Å². The molecular formula is C16H22BrFN2. The number of hydrogen-bond donors (Lipinski definition) is 1. The SMILES string of the molecule is Fc1cc(Br)cc(CN(CC2CCCNC2)C2CC2)c1. The van der Waals surface area contributed by atoms with E-state index in [9.17, 15) is 4.39 Å². The summed E-state index contributed by atoms with van der Waals surface area (Å²) >= 11 is 3.39. The van der Waals surface area contributed by atoms with Crippen LogP contribution in [0, 0.1) is 11.7 Å². The van der Waals surface area contributed by atoms with E-state index in [4.69, 9.17) is 0 Å². The summed E-state index contributed by atoms with van der Waals surface area (Å²) in [7, 11) is 0. The Morgan fingerprint density at radius 2 is 2.10 bits per heavy atom. The largest absolute Gasteiger partial charge is 0.316 e. The zero-order valence-corrected chi connectivity index (χ0v) is 13.3. The Hall–Kier alpha value is -0.450. The molecule has 0 amide bonds. The van der Waals surface area contributed by atoms with Crippen molar-refractivity contribution >= 4 is 15.9 Å². The van der Waals surface area contributed by atoms with Crippen LogP contribution in [0.5, 0.6) is 0 Å². The first-order valence-corrected chi connectivity index (χ1v) is 8.40. The van der Waals surface area contributed by atoms with E-state index in [2.05, 4.69) is 26.1 Å². The highest BCUT2D eigenvalue weighted by molar-refractivity contribution is 9.10. The summed E-state index contributed by atoms with van der Waals surface area (Å²) in [6, 6.07) is 5.95. The summed E-state index contributed by atoms with van der Waals surface area (Å²) in [4.78, 5) is 2.55.